The van der Waals surface area contributed by atoms with Gasteiger partial charge in [-0.05, 0) is 42.3 Å². The van der Waals surface area contributed by atoms with Crippen LogP contribution >= 0.6 is 0 Å². The Morgan fingerprint density at radius 1 is 1.57 bits per heavy atom. The molecule has 1 unspecified atom stereocenters. The van der Waals surface area contributed by atoms with Crippen molar-refractivity contribution < 1.29 is 14.3 Å². The third kappa shape index (κ3) is 2.95. The molecule has 0 bridgehead atoms. The van der Waals surface area contributed by atoms with E-state index in [2.05, 4.69) is 16.9 Å². The van der Waals surface area contributed by atoms with Crippen molar-refractivity contribution in [2.75, 3.05) is 20.3 Å². The van der Waals surface area contributed by atoms with Crippen molar-refractivity contribution >= 4 is 5.97 Å². The molecule has 1 atom stereocenters. The molecule has 0 N–H and O–H groups in total. The van der Waals surface area contributed by atoms with Gasteiger partial charge in [-0.2, -0.15) is 0 Å². The minimum Gasteiger partial charge on any atom is -0.493 e. The molecule has 112 valence electrons. The summed E-state index contributed by atoms with van der Waals surface area (Å²) in [5.74, 6) is 0.357. The lowest BCUT2D eigenvalue weighted by molar-refractivity contribution is 0.0599. The molecule has 0 spiro atoms. The van der Waals surface area contributed by atoms with Gasteiger partial charge in [0, 0.05) is 17.0 Å². The zero-order valence-electron chi connectivity index (χ0n) is 12.5. The average Bonchev–Trinajstić information content (AvgIpc) is 2.47. The molecule has 1 aromatic carbocycles. The maximum Gasteiger partial charge on any atom is 0.338 e. The molecule has 1 aromatic rings. The molecule has 0 amide bonds. The average molecular weight is 289 g/mol. The number of fused-ring (bicyclic) bond motifs is 1. The predicted molar refractivity (Wildman–Crippen MR) is 78.6 cm³/mol. The van der Waals surface area contributed by atoms with E-state index in [9.17, 15) is 4.79 Å². The number of carbonyl (C=O) groups is 1. The number of aryl methyl sites for hydroxylation is 1. The molecule has 0 saturated carbocycles. The van der Waals surface area contributed by atoms with Crippen LogP contribution in [0.2, 0.25) is 0 Å². The predicted octanol–water partition coefficient (Wildman–Crippen LogP) is 3.52. The summed E-state index contributed by atoms with van der Waals surface area (Å²) >= 11 is 0. The fourth-order valence-corrected chi connectivity index (χ4v) is 2.73. The van der Waals surface area contributed by atoms with E-state index in [1.807, 2.05) is 13.0 Å². The minimum absolute atomic E-state index is 0.110. The summed E-state index contributed by atoms with van der Waals surface area (Å²) in [6, 6.07) is 3.73. The Labute approximate surface area is 123 Å². The number of nitrogens with zero attached hydrogens (tertiary/aromatic N) is 3. The first-order valence-electron chi connectivity index (χ1n) is 6.89. The Morgan fingerprint density at radius 3 is 3.00 bits per heavy atom. The van der Waals surface area contributed by atoms with E-state index in [1.54, 1.807) is 6.07 Å². The van der Waals surface area contributed by atoms with Gasteiger partial charge in [-0.25, -0.2) is 4.79 Å². The highest BCUT2D eigenvalue weighted by atomic mass is 16.5. The number of rotatable bonds is 4. The monoisotopic (exact) mass is 289 g/mol. The molecule has 1 aliphatic rings. The Kier molecular flexibility index (Phi) is 4.38. The van der Waals surface area contributed by atoms with Crippen molar-refractivity contribution in [2.45, 2.75) is 32.1 Å². The number of hydrogen-bond acceptors (Lipinski definition) is 4. The Morgan fingerprint density at radius 2 is 2.33 bits per heavy atom. The van der Waals surface area contributed by atoms with Crippen molar-refractivity contribution in [3.63, 3.8) is 0 Å². The first kappa shape index (κ1) is 15.2. The van der Waals surface area contributed by atoms with Gasteiger partial charge in [-0.15, -0.1) is 0 Å². The maximum atomic E-state index is 11.8. The number of hydrogen-bond donors (Lipinski definition) is 0. The highest BCUT2D eigenvalue weighted by Crippen LogP contribution is 2.42. The Balaban J connectivity index is 2.41. The quantitative estimate of drug-likeness (QED) is 0.368. The van der Waals surface area contributed by atoms with Crippen molar-refractivity contribution in [1.29, 1.82) is 0 Å². The second-order valence-corrected chi connectivity index (χ2v) is 5.52. The summed E-state index contributed by atoms with van der Waals surface area (Å²) in [5, 5.41) is 3.63. The lowest BCUT2D eigenvalue weighted by atomic mass is 9.74. The molecule has 0 saturated heterocycles. The molecule has 21 heavy (non-hydrogen) atoms. The molecule has 2 rings (SSSR count). The second-order valence-electron chi connectivity index (χ2n) is 5.52. The fraction of sp³-hybridized carbons (Fsp3) is 0.533. The van der Waals surface area contributed by atoms with Crippen LogP contribution in [-0.4, -0.2) is 26.2 Å². The van der Waals surface area contributed by atoms with Crippen molar-refractivity contribution in [3.8, 4) is 5.75 Å². The Hall–Kier alpha value is -2.20. The third-order valence-corrected chi connectivity index (χ3v) is 4.12. The van der Waals surface area contributed by atoms with E-state index in [4.69, 9.17) is 15.0 Å². The third-order valence-electron chi connectivity index (χ3n) is 4.12. The summed E-state index contributed by atoms with van der Waals surface area (Å²) in [6.07, 6.45) is 1.61. The molecular weight excluding hydrogens is 270 g/mol. The standard InChI is InChI=1S/C15H19N3O3/c1-10-8-12-13(9-11(10)14(19)20-3)21-7-5-15(12,2)4-6-17-18-16/h8-9H,4-7H2,1-3H3. The van der Waals surface area contributed by atoms with Gasteiger partial charge in [0.15, 0.2) is 0 Å². The van der Waals surface area contributed by atoms with Gasteiger partial charge in [0.05, 0.1) is 19.3 Å². The fourth-order valence-electron chi connectivity index (χ4n) is 2.73. The number of benzene rings is 1. The van der Waals surface area contributed by atoms with Crippen LogP contribution in [0.25, 0.3) is 10.4 Å². The van der Waals surface area contributed by atoms with E-state index in [0.717, 1.165) is 29.7 Å². The van der Waals surface area contributed by atoms with Crippen molar-refractivity contribution in [2.24, 2.45) is 5.11 Å². The second kappa shape index (κ2) is 6.06. The topological polar surface area (TPSA) is 84.3 Å². The summed E-state index contributed by atoms with van der Waals surface area (Å²) < 4.78 is 10.5. The maximum absolute atomic E-state index is 11.8. The summed E-state index contributed by atoms with van der Waals surface area (Å²) in [4.78, 5) is 14.6. The number of ether oxygens (including phenoxy) is 2. The highest BCUT2D eigenvalue weighted by Gasteiger charge is 2.34. The molecule has 0 fully saturated rings. The SMILES string of the molecule is COC(=O)c1cc2c(cc1C)C(C)(CCN=[N+]=[N-])CCO2. The molecule has 1 heterocycles. The Bertz CT molecular complexity index is 608. The number of methoxy groups -OCH3 is 1. The van der Waals surface area contributed by atoms with Crippen LogP contribution in [0.3, 0.4) is 0 Å². The number of carbonyl (C=O) groups excluding carboxylic acids is 1. The molecular formula is C15H19N3O3. The van der Waals surface area contributed by atoms with Crippen LogP contribution in [0.4, 0.5) is 0 Å². The lowest BCUT2D eigenvalue weighted by Gasteiger charge is -2.36. The highest BCUT2D eigenvalue weighted by molar-refractivity contribution is 5.91. The smallest absolute Gasteiger partial charge is 0.338 e. The van der Waals surface area contributed by atoms with Crippen LogP contribution in [-0.2, 0) is 10.2 Å². The van der Waals surface area contributed by atoms with E-state index in [1.165, 1.54) is 7.11 Å². The van der Waals surface area contributed by atoms with Crippen molar-refractivity contribution in [3.05, 3.63) is 39.3 Å². The molecule has 1 aliphatic heterocycles. The van der Waals surface area contributed by atoms with Gasteiger partial charge in [0.2, 0.25) is 0 Å². The van der Waals surface area contributed by atoms with Gasteiger partial charge in [0.1, 0.15) is 5.75 Å². The first-order chi connectivity index (χ1) is 10.0. The van der Waals surface area contributed by atoms with Crippen LogP contribution in [0.5, 0.6) is 5.75 Å². The summed E-state index contributed by atoms with van der Waals surface area (Å²) in [7, 11) is 1.37. The van der Waals surface area contributed by atoms with Crippen LogP contribution < -0.4 is 4.74 Å². The van der Waals surface area contributed by atoms with E-state index < -0.39 is 0 Å². The van der Waals surface area contributed by atoms with Gasteiger partial charge < -0.3 is 9.47 Å². The van der Waals surface area contributed by atoms with E-state index >= 15 is 0 Å². The normalized spacial score (nSPS) is 20.0. The summed E-state index contributed by atoms with van der Waals surface area (Å²) in [6.45, 7) is 5.06. The molecule has 0 aromatic heterocycles. The van der Waals surface area contributed by atoms with Gasteiger partial charge in [-0.1, -0.05) is 18.1 Å². The van der Waals surface area contributed by atoms with Crippen molar-refractivity contribution in [1.82, 2.24) is 0 Å². The largest absolute Gasteiger partial charge is 0.493 e. The number of esters is 1. The van der Waals surface area contributed by atoms with Gasteiger partial charge in [0.25, 0.3) is 0 Å². The number of azide groups is 1. The first-order valence-corrected chi connectivity index (χ1v) is 6.89. The summed E-state index contributed by atoms with van der Waals surface area (Å²) in [5.41, 5.74) is 10.8. The zero-order chi connectivity index (χ0) is 15.5. The van der Waals surface area contributed by atoms with Crippen LogP contribution in [0.15, 0.2) is 17.2 Å². The molecule has 0 aliphatic carbocycles. The van der Waals surface area contributed by atoms with Gasteiger partial charge >= 0.3 is 5.97 Å². The van der Waals surface area contributed by atoms with Crippen LogP contribution in [0, 0.1) is 6.92 Å². The van der Waals surface area contributed by atoms with E-state index in [-0.39, 0.29) is 11.4 Å². The van der Waals surface area contributed by atoms with E-state index in [0.29, 0.717) is 18.7 Å². The molecule has 6 nitrogen and oxygen atoms in total. The van der Waals surface area contributed by atoms with Gasteiger partial charge in [-0.3, -0.25) is 0 Å². The molecule has 0 radical (unpaired) electrons. The minimum atomic E-state index is -0.361. The van der Waals surface area contributed by atoms with Crippen LogP contribution in [0.1, 0.15) is 41.3 Å². The zero-order valence-corrected chi connectivity index (χ0v) is 12.5. The molecule has 6 heteroatoms. The lowest BCUT2D eigenvalue weighted by Crippen LogP contribution is -2.31.